The molecule has 2 amide bonds. The van der Waals surface area contributed by atoms with Gasteiger partial charge in [-0.05, 0) is 43.9 Å². The largest absolute Gasteiger partial charge is 0.341 e. The second-order valence-electron chi connectivity index (χ2n) is 8.16. The van der Waals surface area contributed by atoms with Crippen molar-refractivity contribution in [2.45, 2.75) is 64.8 Å². The minimum atomic E-state index is -0.0295. The summed E-state index contributed by atoms with van der Waals surface area (Å²) in [6.07, 6.45) is 6.16. The summed E-state index contributed by atoms with van der Waals surface area (Å²) in [6, 6.07) is 0.471. The van der Waals surface area contributed by atoms with E-state index in [1.54, 1.807) is 0 Å². The fraction of sp³-hybridized carbons (Fsp3) is 0.842. The lowest BCUT2D eigenvalue weighted by Crippen LogP contribution is -2.46. The lowest BCUT2D eigenvalue weighted by Gasteiger charge is -2.34. The molecule has 0 spiro atoms. The number of hydrogen-bond donors (Lipinski definition) is 1. The zero-order valence-corrected chi connectivity index (χ0v) is 15.7. The summed E-state index contributed by atoms with van der Waals surface area (Å²) in [4.78, 5) is 28.6. The fourth-order valence-electron chi connectivity index (χ4n) is 3.88. The second-order valence-corrected chi connectivity index (χ2v) is 8.16. The molecular weight excluding hydrogens is 316 g/mol. The molecule has 2 aliphatic heterocycles. The molecule has 140 valence electrons. The molecule has 1 N–H and O–H groups in total. The number of carbonyl (C=O) groups excluding carboxylic acids is 2. The maximum absolute atomic E-state index is 12.7. The third kappa shape index (κ3) is 5.27. The van der Waals surface area contributed by atoms with Crippen molar-refractivity contribution >= 4 is 17.5 Å². The average molecular weight is 348 g/mol. The first-order valence-corrected chi connectivity index (χ1v) is 9.89. The van der Waals surface area contributed by atoms with Gasteiger partial charge in [-0.2, -0.15) is 5.10 Å². The van der Waals surface area contributed by atoms with E-state index in [-0.39, 0.29) is 11.8 Å². The van der Waals surface area contributed by atoms with Crippen molar-refractivity contribution in [3.05, 3.63) is 0 Å². The fourth-order valence-corrected chi connectivity index (χ4v) is 3.88. The molecule has 0 radical (unpaired) electrons. The Morgan fingerprint density at radius 2 is 2.08 bits per heavy atom. The molecule has 25 heavy (non-hydrogen) atoms. The first-order valence-electron chi connectivity index (χ1n) is 9.89. The topological polar surface area (TPSA) is 65.0 Å². The van der Waals surface area contributed by atoms with E-state index in [9.17, 15) is 9.59 Å². The highest BCUT2D eigenvalue weighted by Crippen LogP contribution is 2.32. The molecule has 0 aromatic carbocycles. The lowest BCUT2D eigenvalue weighted by molar-refractivity contribution is -0.131. The van der Waals surface area contributed by atoms with Gasteiger partial charge in [-0.3, -0.25) is 14.5 Å². The zero-order chi connectivity index (χ0) is 17.8. The molecule has 1 saturated carbocycles. The predicted molar refractivity (Wildman–Crippen MR) is 98.2 cm³/mol. The Bertz CT molecular complexity index is 528. The number of carbonyl (C=O) groups is 2. The van der Waals surface area contributed by atoms with Gasteiger partial charge in [-0.25, -0.2) is 5.43 Å². The summed E-state index contributed by atoms with van der Waals surface area (Å²) >= 11 is 0. The molecule has 6 heteroatoms. The lowest BCUT2D eigenvalue weighted by atomic mass is 10.0. The third-order valence-electron chi connectivity index (χ3n) is 5.67. The van der Waals surface area contributed by atoms with Crippen LogP contribution in [0.4, 0.5) is 0 Å². The number of amides is 2. The summed E-state index contributed by atoms with van der Waals surface area (Å²) < 4.78 is 0. The molecule has 1 saturated heterocycles. The standard InChI is InChI=1S/C19H32N4O2/c1-14(2)17-13-23(11-3-10-22(17)12-15-4-5-15)19(25)9-7-16-6-8-18(24)21-20-16/h14-15,17H,3-13H2,1-2H3,(H,21,24). The summed E-state index contributed by atoms with van der Waals surface area (Å²) in [5.41, 5.74) is 3.46. The summed E-state index contributed by atoms with van der Waals surface area (Å²) in [5.74, 6) is 1.66. The van der Waals surface area contributed by atoms with E-state index in [0.717, 1.165) is 37.7 Å². The number of hydrogen-bond acceptors (Lipinski definition) is 4. The highest BCUT2D eigenvalue weighted by molar-refractivity contribution is 5.94. The van der Waals surface area contributed by atoms with E-state index in [2.05, 4.69) is 34.2 Å². The van der Waals surface area contributed by atoms with E-state index in [1.165, 1.54) is 19.4 Å². The first-order chi connectivity index (χ1) is 12.0. The minimum Gasteiger partial charge on any atom is -0.341 e. The van der Waals surface area contributed by atoms with Gasteiger partial charge in [0.1, 0.15) is 0 Å². The van der Waals surface area contributed by atoms with Gasteiger partial charge in [-0.1, -0.05) is 13.8 Å². The minimum absolute atomic E-state index is 0.0295. The van der Waals surface area contributed by atoms with Crippen LogP contribution in [0.3, 0.4) is 0 Å². The van der Waals surface area contributed by atoms with Crippen molar-refractivity contribution in [1.29, 1.82) is 0 Å². The van der Waals surface area contributed by atoms with Gasteiger partial charge in [-0.15, -0.1) is 0 Å². The van der Waals surface area contributed by atoms with E-state index in [4.69, 9.17) is 0 Å². The quantitative estimate of drug-likeness (QED) is 0.798. The molecule has 3 aliphatic rings. The van der Waals surface area contributed by atoms with Crippen LogP contribution in [0.15, 0.2) is 5.10 Å². The van der Waals surface area contributed by atoms with Crippen LogP contribution in [-0.4, -0.2) is 59.5 Å². The molecule has 0 bridgehead atoms. The number of nitrogens with one attached hydrogen (secondary N) is 1. The third-order valence-corrected chi connectivity index (χ3v) is 5.67. The van der Waals surface area contributed by atoms with Gasteiger partial charge in [0.2, 0.25) is 11.8 Å². The summed E-state index contributed by atoms with van der Waals surface area (Å²) in [7, 11) is 0. The highest BCUT2D eigenvalue weighted by Gasteiger charge is 2.33. The van der Waals surface area contributed by atoms with Crippen molar-refractivity contribution in [2.24, 2.45) is 16.9 Å². The molecule has 0 aromatic heterocycles. The van der Waals surface area contributed by atoms with E-state index >= 15 is 0 Å². The van der Waals surface area contributed by atoms with Gasteiger partial charge in [0.25, 0.3) is 0 Å². The van der Waals surface area contributed by atoms with Crippen LogP contribution < -0.4 is 5.43 Å². The van der Waals surface area contributed by atoms with Crippen LogP contribution in [0, 0.1) is 11.8 Å². The number of nitrogens with zero attached hydrogens (tertiary/aromatic N) is 3. The smallest absolute Gasteiger partial charge is 0.240 e. The van der Waals surface area contributed by atoms with Crippen LogP contribution in [0.5, 0.6) is 0 Å². The van der Waals surface area contributed by atoms with Crippen LogP contribution in [-0.2, 0) is 9.59 Å². The normalized spacial score (nSPS) is 25.6. The maximum Gasteiger partial charge on any atom is 0.240 e. The molecule has 2 fully saturated rings. The van der Waals surface area contributed by atoms with E-state index < -0.39 is 0 Å². The van der Waals surface area contributed by atoms with Crippen LogP contribution in [0.25, 0.3) is 0 Å². The molecule has 1 unspecified atom stereocenters. The monoisotopic (exact) mass is 348 g/mol. The molecule has 1 aliphatic carbocycles. The SMILES string of the molecule is CC(C)C1CN(C(=O)CCC2=NNC(=O)CC2)CCCN1CC1CC1. The Labute approximate surface area is 151 Å². The Kier molecular flexibility index (Phi) is 6.10. The average Bonchev–Trinajstić information content (AvgIpc) is 3.41. The van der Waals surface area contributed by atoms with E-state index in [1.807, 2.05) is 0 Å². The maximum atomic E-state index is 12.7. The van der Waals surface area contributed by atoms with Crippen molar-refractivity contribution in [1.82, 2.24) is 15.2 Å². The summed E-state index contributed by atoms with van der Waals surface area (Å²) in [6.45, 7) is 8.60. The second kappa shape index (κ2) is 8.30. The Morgan fingerprint density at radius 1 is 1.28 bits per heavy atom. The van der Waals surface area contributed by atoms with Gasteiger partial charge in [0, 0.05) is 50.8 Å². The Hall–Kier alpha value is -1.43. The van der Waals surface area contributed by atoms with Crippen molar-refractivity contribution < 1.29 is 9.59 Å². The molecule has 6 nitrogen and oxygen atoms in total. The zero-order valence-electron chi connectivity index (χ0n) is 15.7. The molecular formula is C19H32N4O2. The predicted octanol–water partition coefficient (Wildman–Crippen LogP) is 2.00. The Balaban J connectivity index is 1.53. The van der Waals surface area contributed by atoms with Crippen LogP contribution in [0.1, 0.15) is 58.8 Å². The van der Waals surface area contributed by atoms with Gasteiger partial charge in [0.15, 0.2) is 0 Å². The summed E-state index contributed by atoms with van der Waals surface area (Å²) in [5, 5.41) is 4.08. The Morgan fingerprint density at radius 3 is 2.72 bits per heavy atom. The number of hydrazone groups is 1. The van der Waals surface area contributed by atoms with Crippen LogP contribution in [0.2, 0.25) is 0 Å². The van der Waals surface area contributed by atoms with Crippen molar-refractivity contribution in [2.75, 3.05) is 26.2 Å². The molecule has 2 heterocycles. The van der Waals surface area contributed by atoms with Gasteiger partial charge >= 0.3 is 0 Å². The molecule has 3 rings (SSSR count). The number of rotatable bonds is 6. The van der Waals surface area contributed by atoms with Gasteiger partial charge in [0.05, 0.1) is 0 Å². The van der Waals surface area contributed by atoms with E-state index in [0.29, 0.717) is 37.6 Å². The molecule has 1 atom stereocenters. The van der Waals surface area contributed by atoms with Crippen LogP contribution >= 0.6 is 0 Å². The highest BCUT2D eigenvalue weighted by atomic mass is 16.2. The van der Waals surface area contributed by atoms with Crippen molar-refractivity contribution in [3.63, 3.8) is 0 Å². The molecule has 0 aromatic rings. The van der Waals surface area contributed by atoms with Gasteiger partial charge < -0.3 is 4.90 Å². The van der Waals surface area contributed by atoms with Crippen molar-refractivity contribution in [3.8, 4) is 0 Å². The first kappa shape index (κ1) is 18.4.